The molecule has 2 aromatic heterocycles. The van der Waals surface area contributed by atoms with Crippen LogP contribution < -0.4 is 5.32 Å². The summed E-state index contributed by atoms with van der Waals surface area (Å²) in [7, 11) is 3.55. The predicted octanol–water partition coefficient (Wildman–Crippen LogP) is 1.67. The number of rotatable bonds is 7. The van der Waals surface area contributed by atoms with Crippen molar-refractivity contribution in [3.05, 3.63) is 34.1 Å². The summed E-state index contributed by atoms with van der Waals surface area (Å²) in [5, 5.41) is 8.37. The second kappa shape index (κ2) is 7.06. The third kappa shape index (κ3) is 3.64. The van der Waals surface area contributed by atoms with E-state index >= 15 is 0 Å². The minimum Gasteiger partial charge on any atom is -0.383 e. The van der Waals surface area contributed by atoms with E-state index in [1.54, 1.807) is 11.8 Å². The molecule has 6 nitrogen and oxygen atoms in total. The van der Waals surface area contributed by atoms with E-state index in [1.807, 2.05) is 27.1 Å². The number of methoxy groups -OCH3 is 1. The standard InChI is InChI=1S/C14H22ClN5O/c1-10-13(14(15)19(3)18-10)9-20-11(2)17-8-12(20)7-16-5-6-21-4/h8,16H,5-7,9H2,1-4H3. The Hall–Kier alpha value is -1.37. The highest BCUT2D eigenvalue weighted by atomic mass is 35.5. The number of hydrogen-bond acceptors (Lipinski definition) is 4. The highest BCUT2D eigenvalue weighted by Crippen LogP contribution is 2.21. The average Bonchev–Trinajstić information content (AvgIpc) is 2.91. The summed E-state index contributed by atoms with van der Waals surface area (Å²) in [5.41, 5.74) is 3.12. The van der Waals surface area contributed by atoms with E-state index in [0.717, 1.165) is 35.9 Å². The zero-order valence-corrected chi connectivity index (χ0v) is 13.7. The third-order valence-corrected chi connectivity index (χ3v) is 3.99. The molecule has 0 bridgehead atoms. The highest BCUT2D eigenvalue weighted by molar-refractivity contribution is 6.30. The molecule has 0 saturated heterocycles. The lowest BCUT2D eigenvalue weighted by molar-refractivity contribution is 0.199. The van der Waals surface area contributed by atoms with Crippen LogP contribution in [0, 0.1) is 13.8 Å². The van der Waals surface area contributed by atoms with Crippen LogP contribution >= 0.6 is 11.6 Å². The summed E-state index contributed by atoms with van der Waals surface area (Å²) >= 11 is 6.32. The molecule has 2 aromatic rings. The molecule has 1 N–H and O–H groups in total. The van der Waals surface area contributed by atoms with Crippen molar-refractivity contribution in [3.8, 4) is 0 Å². The van der Waals surface area contributed by atoms with Crippen molar-refractivity contribution in [2.75, 3.05) is 20.3 Å². The molecular formula is C14H22ClN5O. The third-order valence-electron chi connectivity index (χ3n) is 3.51. The fourth-order valence-corrected chi connectivity index (χ4v) is 2.51. The first-order chi connectivity index (χ1) is 10.0. The maximum Gasteiger partial charge on any atom is 0.131 e. The van der Waals surface area contributed by atoms with Gasteiger partial charge in [0.05, 0.1) is 24.5 Å². The normalized spacial score (nSPS) is 11.3. The topological polar surface area (TPSA) is 56.9 Å². The number of hydrogen-bond donors (Lipinski definition) is 1. The van der Waals surface area contributed by atoms with Crippen LogP contribution in [0.15, 0.2) is 6.20 Å². The van der Waals surface area contributed by atoms with Crippen molar-refractivity contribution in [1.82, 2.24) is 24.6 Å². The number of imidazole rings is 1. The molecule has 0 fully saturated rings. The first-order valence-electron chi connectivity index (χ1n) is 6.93. The van der Waals surface area contributed by atoms with Crippen LogP contribution in [0.1, 0.15) is 22.8 Å². The molecule has 21 heavy (non-hydrogen) atoms. The molecule has 0 amide bonds. The summed E-state index contributed by atoms with van der Waals surface area (Å²) in [6.45, 7) is 6.92. The summed E-state index contributed by atoms with van der Waals surface area (Å²) in [4.78, 5) is 4.40. The van der Waals surface area contributed by atoms with Crippen molar-refractivity contribution in [2.24, 2.45) is 7.05 Å². The van der Waals surface area contributed by atoms with Crippen LogP contribution in [0.2, 0.25) is 5.15 Å². The molecule has 2 heterocycles. The zero-order valence-electron chi connectivity index (χ0n) is 13.0. The molecule has 7 heteroatoms. The summed E-state index contributed by atoms with van der Waals surface area (Å²) in [6.07, 6.45) is 1.90. The molecule has 0 atom stereocenters. The van der Waals surface area contributed by atoms with Crippen molar-refractivity contribution >= 4 is 11.6 Å². The van der Waals surface area contributed by atoms with E-state index in [4.69, 9.17) is 16.3 Å². The largest absolute Gasteiger partial charge is 0.383 e. The Morgan fingerprint density at radius 2 is 2.14 bits per heavy atom. The summed E-state index contributed by atoms with van der Waals surface area (Å²) in [6, 6.07) is 0. The Morgan fingerprint density at radius 3 is 2.76 bits per heavy atom. The molecule has 0 aliphatic carbocycles. The molecule has 0 radical (unpaired) electrons. The van der Waals surface area contributed by atoms with Crippen LogP contribution in [0.4, 0.5) is 0 Å². The van der Waals surface area contributed by atoms with E-state index in [9.17, 15) is 0 Å². The van der Waals surface area contributed by atoms with Gasteiger partial charge in [0.1, 0.15) is 11.0 Å². The molecule has 116 valence electrons. The maximum atomic E-state index is 6.32. The fraction of sp³-hybridized carbons (Fsp3) is 0.571. The molecule has 0 saturated carbocycles. The molecule has 2 rings (SSSR count). The van der Waals surface area contributed by atoms with E-state index in [1.165, 1.54) is 0 Å². The summed E-state index contributed by atoms with van der Waals surface area (Å²) < 4.78 is 8.90. The molecule has 0 aliphatic rings. The van der Waals surface area contributed by atoms with E-state index in [0.29, 0.717) is 18.3 Å². The Kier molecular flexibility index (Phi) is 5.39. The quantitative estimate of drug-likeness (QED) is 0.790. The van der Waals surface area contributed by atoms with Crippen molar-refractivity contribution in [2.45, 2.75) is 26.9 Å². The van der Waals surface area contributed by atoms with Gasteiger partial charge in [0.15, 0.2) is 0 Å². The van der Waals surface area contributed by atoms with Gasteiger partial charge < -0.3 is 14.6 Å². The van der Waals surface area contributed by atoms with Gasteiger partial charge in [-0.1, -0.05) is 11.6 Å². The monoisotopic (exact) mass is 311 g/mol. The van der Waals surface area contributed by atoms with Gasteiger partial charge in [-0.3, -0.25) is 4.68 Å². The minimum atomic E-state index is 0.680. The number of nitrogens with one attached hydrogen (secondary N) is 1. The van der Waals surface area contributed by atoms with Crippen LogP contribution in [-0.2, 0) is 24.9 Å². The molecular weight excluding hydrogens is 290 g/mol. The number of nitrogens with zero attached hydrogens (tertiary/aromatic N) is 4. The summed E-state index contributed by atoms with van der Waals surface area (Å²) in [5.74, 6) is 0.970. The lowest BCUT2D eigenvalue weighted by Gasteiger charge is -2.11. The van der Waals surface area contributed by atoms with Gasteiger partial charge in [-0.25, -0.2) is 4.98 Å². The molecule has 0 unspecified atom stereocenters. The van der Waals surface area contributed by atoms with Crippen molar-refractivity contribution in [1.29, 1.82) is 0 Å². The van der Waals surface area contributed by atoms with E-state index in [-0.39, 0.29) is 0 Å². The number of aromatic nitrogens is 4. The molecule has 0 spiro atoms. The Morgan fingerprint density at radius 1 is 1.38 bits per heavy atom. The SMILES string of the molecule is COCCNCc1cnc(C)n1Cc1c(C)nn(C)c1Cl. The highest BCUT2D eigenvalue weighted by Gasteiger charge is 2.14. The second-order valence-corrected chi connectivity index (χ2v) is 5.39. The van der Waals surface area contributed by atoms with Gasteiger partial charge in [0, 0.05) is 39.0 Å². The number of ether oxygens (including phenoxy) is 1. The van der Waals surface area contributed by atoms with Crippen molar-refractivity contribution in [3.63, 3.8) is 0 Å². The van der Waals surface area contributed by atoms with Gasteiger partial charge >= 0.3 is 0 Å². The number of halogens is 1. The number of aryl methyl sites for hydroxylation is 3. The Bertz CT molecular complexity index is 605. The van der Waals surface area contributed by atoms with Gasteiger partial charge in [-0.05, 0) is 13.8 Å². The van der Waals surface area contributed by atoms with Crippen molar-refractivity contribution < 1.29 is 4.74 Å². The second-order valence-electron chi connectivity index (χ2n) is 5.03. The smallest absolute Gasteiger partial charge is 0.131 e. The lowest BCUT2D eigenvalue weighted by Crippen LogP contribution is -2.21. The Balaban J connectivity index is 2.14. The predicted molar refractivity (Wildman–Crippen MR) is 82.6 cm³/mol. The molecule has 0 aliphatic heterocycles. The van der Waals surface area contributed by atoms with E-state index < -0.39 is 0 Å². The van der Waals surface area contributed by atoms with Gasteiger partial charge in [0.2, 0.25) is 0 Å². The first-order valence-corrected chi connectivity index (χ1v) is 7.31. The zero-order chi connectivity index (χ0) is 15.4. The first kappa shape index (κ1) is 16.0. The van der Waals surface area contributed by atoms with Crippen LogP contribution in [-0.4, -0.2) is 39.6 Å². The van der Waals surface area contributed by atoms with Crippen LogP contribution in [0.25, 0.3) is 0 Å². The average molecular weight is 312 g/mol. The van der Waals surface area contributed by atoms with E-state index in [2.05, 4.69) is 20.0 Å². The minimum absolute atomic E-state index is 0.680. The van der Waals surface area contributed by atoms with Gasteiger partial charge in [-0.15, -0.1) is 0 Å². The Labute approximate surface area is 130 Å². The molecule has 0 aromatic carbocycles. The van der Waals surface area contributed by atoms with Crippen LogP contribution in [0.5, 0.6) is 0 Å². The van der Waals surface area contributed by atoms with Crippen LogP contribution in [0.3, 0.4) is 0 Å². The fourth-order valence-electron chi connectivity index (χ4n) is 2.27. The lowest BCUT2D eigenvalue weighted by atomic mass is 10.2. The van der Waals surface area contributed by atoms with Gasteiger partial charge in [0.25, 0.3) is 0 Å². The van der Waals surface area contributed by atoms with Gasteiger partial charge in [-0.2, -0.15) is 5.10 Å². The maximum absolute atomic E-state index is 6.32.